The minimum absolute atomic E-state index is 0.116. The van der Waals surface area contributed by atoms with Crippen LogP contribution in [0.4, 0.5) is 5.69 Å². The third-order valence-electron chi connectivity index (χ3n) is 3.20. The van der Waals surface area contributed by atoms with Crippen molar-refractivity contribution in [2.24, 2.45) is 0 Å². The second-order valence-electron chi connectivity index (χ2n) is 5.25. The molecular weight excluding hydrogens is 342 g/mol. The zero-order chi connectivity index (χ0) is 17.5. The molecule has 1 aromatic carbocycles. The summed E-state index contributed by atoms with van der Waals surface area (Å²) in [5, 5.41) is 12.4. The van der Waals surface area contributed by atoms with Gasteiger partial charge in [0.05, 0.1) is 23.2 Å². The average molecular weight is 361 g/mol. The van der Waals surface area contributed by atoms with E-state index in [1.807, 2.05) is 45.0 Å². The molecule has 0 unspecified atom stereocenters. The lowest BCUT2D eigenvalue weighted by Crippen LogP contribution is -2.14. The van der Waals surface area contributed by atoms with Crippen LogP contribution in [0.15, 0.2) is 38.8 Å². The molecule has 1 atom stereocenters. The van der Waals surface area contributed by atoms with Crippen LogP contribution in [0.25, 0.3) is 0 Å². The molecule has 0 aliphatic heterocycles. The Morgan fingerprint density at radius 1 is 1.42 bits per heavy atom. The van der Waals surface area contributed by atoms with Crippen molar-refractivity contribution in [1.29, 1.82) is 5.26 Å². The topological polar surface area (TPSA) is 78.9 Å². The summed E-state index contributed by atoms with van der Waals surface area (Å²) in [6, 6.07) is 9.77. The van der Waals surface area contributed by atoms with Crippen LogP contribution < -0.4 is 5.32 Å². The number of nitrogens with one attached hydrogen (secondary N) is 1. The van der Waals surface area contributed by atoms with Crippen molar-refractivity contribution in [1.82, 2.24) is 4.98 Å². The normalized spacial score (nSPS) is 11.8. The first-order valence-corrected chi connectivity index (χ1v) is 9.35. The number of carbonyl (C=O) groups is 1. The highest BCUT2D eigenvalue weighted by Gasteiger charge is 2.12. The smallest absolute Gasteiger partial charge is 0.256 e. The van der Waals surface area contributed by atoms with E-state index in [0.717, 1.165) is 22.0 Å². The number of benzene rings is 1. The van der Waals surface area contributed by atoms with E-state index < -0.39 is 0 Å². The molecule has 1 amide bonds. The molecule has 0 radical (unpaired) electrons. The molecule has 0 fully saturated rings. The second-order valence-corrected chi connectivity index (χ2v) is 7.65. The minimum Gasteiger partial charge on any atom is -0.437 e. The monoisotopic (exact) mass is 361 g/mol. The summed E-state index contributed by atoms with van der Waals surface area (Å²) in [6.07, 6.45) is 0.464. The van der Waals surface area contributed by atoms with Gasteiger partial charge in [0.25, 0.3) is 5.22 Å². The predicted molar refractivity (Wildman–Crippen MR) is 97.3 cm³/mol. The first kappa shape index (κ1) is 18.4. The van der Waals surface area contributed by atoms with Gasteiger partial charge < -0.3 is 9.73 Å². The molecular formula is C17H19N3O2S2. The van der Waals surface area contributed by atoms with Crippen molar-refractivity contribution in [3.8, 4) is 6.07 Å². The van der Waals surface area contributed by atoms with Gasteiger partial charge in [0.1, 0.15) is 5.76 Å². The summed E-state index contributed by atoms with van der Waals surface area (Å²) in [7, 11) is 0. The number of hydrogen-bond acceptors (Lipinski definition) is 6. The van der Waals surface area contributed by atoms with Gasteiger partial charge in [0.15, 0.2) is 0 Å². The summed E-state index contributed by atoms with van der Waals surface area (Å²) in [4.78, 5) is 17.4. The van der Waals surface area contributed by atoms with Crippen molar-refractivity contribution < 1.29 is 9.21 Å². The number of anilines is 1. The van der Waals surface area contributed by atoms with E-state index in [1.165, 1.54) is 11.8 Å². The SMILES string of the molecule is Cc1nc(SCC(=O)Nc2ccccc2S[C@H](C)CC#N)oc1C. The summed E-state index contributed by atoms with van der Waals surface area (Å²) in [5.74, 6) is 0.882. The summed E-state index contributed by atoms with van der Waals surface area (Å²) in [5.41, 5.74) is 1.60. The number of amides is 1. The molecule has 126 valence electrons. The number of aryl methyl sites for hydroxylation is 2. The number of hydrogen-bond donors (Lipinski definition) is 1. The molecule has 1 N–H and O–H groups in total. The Bertz CT molecular complexity index is 733. The fourth-order valence-corrected chi connectivity index (χ4v) is 3.58. The molecule has 0 aliphatic rings. The number of oxazole rings is 1. The zero-order valence-corrected chi connectivity index (χ0v) is 15.5. The number of aromatic nitrogens is 1. The molecule has 2 rings (SSSR count). The van der Waals surface area contributed by atoms with Crippen LogP contribution in [-0.2, 0) is 4.79 Å². The Morgan fingerprint density at radius 3 is 2.83 bits per heavy atom. The van der Waals surface area contributed by atoms with E-state index >= 15 is 0 Å². The lowest BCUT2D eigenvalue weighted by atomic mass is 10.3. The van der Waals surface area contributed by atoms with Crippen LogP contribution in [0, 0.1) is 25.2 Å². The van der Waals surface area contributed by atoms with E-state index in [0.29, 0.717) is 11.6 Å². The molecule has 0 saturated heterocycles. The predicted octanol–water partition coefficient (Wildman–Crippen LogP) is 4.42. The first-order valence-electron chi connectivity index (χ1n) is 7.49. The molecule has 7 heteroatoms. The van der Waals surface area contributed by atoms with E-state index in [2.05, 4.69) is 16.4 Å². The number of thioether (sulfide) groups is 2. The lowest BCUT2D eigenvalue weighted by molar-refractivity contribution is -0.113. The highest BCUT2D eigenvalue weighted by molar-refractivity contribution is 8.00. The van der Waals surface area contributed by atoms with Crippen molar-refractivity contribution >= 4 is 35.1 Å². The van der Waals surface area contributed by atoms with E-state index in [1.54, 1.807) is 11.8 Å². The fraction of sp³-hybridized carbons (Fsp3) is 0.353. The van der Waals surface area contributed by atoms with Gasteiger partial charge in [-0.1, -0.05) is 30.8 Å². The molecule has 5 nitrogen and oxygen atoms in total. The van der Waals surface area contributed by atoms with Gasteiger partial charge >= 0.3 is 0 Å². The molecule has 0 spiro atoms. The number of rotatable bonds is 7. The molecule has 24 heavy (non-hydrogen) atoms. The molecule has 0 saturated carbocycles. The largest absolute Gasteiger partial charge is 0.437 e. The third-order valence-corrected chi connectivity index (χ3v) is 5.21. The van der Waals surface area contributed by atoms with E-state index in [-0.39, 0.29) is 16.9 Å². The Morgan fingerprint density at radius 2 is 2.17 bits per heavy atom. The van der Waals surface area contributed by atoms with Gasteiger partial charge in [0, 0.05) is 16.6 Å². The molecule has 0 aliphatic carbocycles. The number of para-hydroxylation sites is 1. The highest BCUT2D eigenvalue weighted by atomic mass is 32.2. The molecule has 2 aromatic rings. The van der Waals surface area contributed by atoms with Crippen molar-refractivity contribution in [3.05, 3.63) is 35.7 Å². The number of nitriles is 1. The third kappa shape index (κ3) is 5.32. The van der Waals surface area contributed by atoms with Crippen LogP contribution in [0.2, 0.25) is 0 Å². The summed E-state index contributed by atoms with van der Waals surface area (Å²) >= 11 is 2.85. The quantitative estimate of drug-likeness (QED) is 0.736. The summed E-state index contributed by atoms with van der Waals surface area (Å²) < 4.78 is 5.46. The van der Waals surface area contributed by atoms with Crippen LogP contribution >= 0.6 is 23.5 Å². The van der Waals surface area contributed by atoms with Crippen LogP contribution in [0.5, 0.6) is 0 Å². The van der Waals surface area contributed by atoms with Crippen LogP contribution in [-0.4, -0.2) is 21.9 Å². The van der Waals surface area contributed by atoms with Crippen molar-refractivity contribution in [2.45, 2.75) is 42.6 Å². The van der Waals surface area contributed by atoms with Crippen molar-refractivity contribution in [3.63, 3.8) is 0 Å². The number of nitrogens with zero attached hydrogens (tertiary/aromatic N) is 2. The minimum atomic E-state index is -0.116. The van der Waals surface area contributed by atoms with Gasteiger partial charge in [-0.3, -0.25) is 4.79 Å². The summed E-state index contributed by atoms with van der Waals surface area (Å²) in [6.45, 7) is 5.72. The molecule has 1 heterocycles. The Labute approximate surface area is 150 Å². The Balaban J connectivity index is 1.95. The Kier molecular flexibility index (Phi) is 6.76. The van der Waals surface area contributed by atoms with Gasteiger partial charge in [-0.05, 0) is 26.0 Å². The van der Waals surface area contributed by atoms with Crippen LogP contribution in [0.1, 0.15) is 24.8 Å². The lowest BCUT2D eigenvalue weighted by Gasteiger charge is -2.12. The fourth-order valence-electron chi connectivity index (χ4n) is 1.88. The maximum Gasteiger partial charge on any atom is 0.256 e. The zero-order valence-electron chi connectivity index (χ0n) is 13.8. The number of carbonyl (C=O) groups excluding carboxylic acids is 1. The highest BCUT2D eigenvalue weighted by Crippen LogP contribution is 2.31. The standard InChI is InChI=1S/C17H19N3O2S2/c1-11(8-9-18)24-15-7-5-4-6-14(15)20-16(21)10-23-17-19-12(2)13(3)22-17/h4-7,11H,8,10H2,1-3H3,(H,20,21)/t11-/m1/s1. The maximum absolute atomic E-state index is 12.2. The van der Waals surface area contributed by atoms with E-state index in [4.69, 9.17) is 9.68 Å². The molecule has 0 bridgehead atoms. The van der Waals surface area contributed by atoms with Crippen molar-refractivity contribution in [2.75, 3.05) is 11.1 Å². The van der Waals surface area contributed by atoms with E-state index in [9.17, 15) is 4.79 Å². The Hall–Kier alpha value is -1.91. The van der Waals surface area contributed by atoms with Gasteiger partial charge in [-0.2, -0.15) is 5.26 Å². The first-order chi connectivity index (χ1) is 11.5. The second kappa shape index (κ2) is 8.81. The van der Waals surface area contributed by atoms with Gasteiger partial charge in [-0.25, -0.2) is 4.98 Å². The molecule has 1 aromatic heterocycles. The van der Waals surface area contributed by atoms with Gasteiger partial charge in [0.2, 0.25) is 5.91 Å². The van der Waals surface area contributed by atoms with Gasteiger partial charge in [-0.15, -0.1) is 11.8 Å². The maximum atomic E-state index is 12.2. The average Bonchev–Trinajstić information content (AvgIpc) is 2.86. The van der Waals surface area contributed by atoms with Crippen LogP contribution in [0.3, 0.4) is 0 Å².